The van der Waals surface area contributed by atoms with E-state index in [1.54, 1.807) is 11.8 Å². The summed E-state index contributed by atoms with van der Waals surface area (Å²) >= 11 is 1.64. The third-order valence-electron chi connectivity index (χ3n) is 4.01. The molecule has 114 valence electrons. The Hall–Kier alpha value is -1.94. The van der Waals surface area contributed by atoms with Gasteiger partial charge in [0.2, 0.25) is 0 Å². The molecule has 1 aliphatic rings. The van der Waals surface area contributed by atoms with Crippen LogP contribution in [-0.4, -0.2) is 23.7 Å². The zero-order valence-electron chi connectivity index (χ0n) is 12.9. The summed E-state index contributed by atoms with van der Waals surface area (Å²) < 4.78 is 0. The number of carbonyl (C=O) groups excluding carboxylic acids is 1. The third-order valence-corrected chi connectivity index (χ3v) is 4.81. The van der Waals surface area contributed by atoms with Crippen molar-refractivity contribution in [1.82, 2.24) is 4.90 Å². The number of rotatable bonds is 2. The summed E-state index contributed by atoms with van der Waals surface area (Å²) in [7, 11) is 0. The Morgan fingerprint density at radius 3 is 2.82 bits per heavy atom. The predicted octanol–water partition coefficient (Wildman–Crippen LogP) is 4.31. The minimum absolute atomic E-state index is 0.0198. The van der Waals surface area contributed by atoms with Gasteiger partial charge >= 0.3 is 6.03 Å². The summed E-state index contributed by atoms with van der Waals surface area (Å²) in [6.07, 6.45) is 2.94. The van der Waals surface area contributed by atoms with Crippen molar-refractivity contribution in [3.8, 4) is 0 Å². The Bertz CT molecular complexity index is 699. The fraction of sp³-hybridized carbons (Fsp3) is 0.278. The highest BCUT2D eigenvalue weighted by molar-refractivity contribution is 7.98. The minimum Gasteiger partial charge on any atom is -0.320 e. The minimum atomic E-state index is -0.0198. The van der Waals surface area contributed by atoms with E-state index < -0.39 is 0 Å². The first-order chi connectivity index (χ1) is 10.7. The number of urea groups is 1. The monoisotopic (exact) mass is 312 g/mol. The third kappa shape index (κ3) is 3.12. The quantitative estimate of drug-likeness (QED) is 0.838. The van der Waals surface area contributed by atoms with Gasteiger partial charge < -0.3 is 10.2 Å². The van der Waals surface area contributed by atoms with E-state index in [4.69, 9.17) is 0 Å². The molecule has 1 aliphatic heterocycles. The van der Waals surface area contributed by atoms with Gasteiger partial charge in [0, 0.05) is 18.0 Å². The topological polar surface area (TPSA) is 32.3 Å². The van der Waals surface area contributed by atoms with Gasteiger partial charge in [-0.1, -0.05) is 35.9 Å². The molecule has 3 rings (SSSR count). The van der Waals surface area contributed by atoms with E-state index in [-0.39, 0.29) is 6.03 Å². The molecule has 0 bridgehead atoms. The number of para-hydroxylation sites is 1. The fourth-order valence-electron chi connectivity index (χ4n) is 2.80. The van der Waals surface area contributed by atoms with Crippen LogP contribution in [-0.2, 0) is 13.0 Å². The summed E-state index contributed by atoms with van der Waals surface area (Å²) in [5.74, 6) is 0. The van der Waals surface area contributed by atoms with Gasteiger partial charge in [0.15, 0.2) is 0 Å². The van der Waals surface area contributed by atoms with E-state index >= 15 is 0 Å². The molecule has 22 heavy (non-hydrogen) atoms. The largest absolute Gasteiger partial charge is 0.322 e. The van der Waals surface area contributed by atoms with Crippen molar-refractivity contribution in [3.63, 3.8) is 0 Å². The molecule has 0 spiro atoms. The molecule has 0 atom stereocenters. The van der Waals surface area contributed by atoms with Gasteiger partial charge in [-0.3, -0.25) is 0 Å². The van der Waals surface area contributed by atoms with Crippen molar-refractivity contribution in [1.29, 1.82) is 0 Å². The van der Waals surface area contributed by atoms with E-state index in [2.05, 4.69) is 30.4 Å². The van der Waals surface area contributed by atoms with Crippen molar-refractivity contribution in [2.75, 3.05) is 18.1 Å². The van der Waals surface area contributed by atoms with Crippen LogP contribution < -0.4 is 5.32 Å². The number of thioether (sulfide) groups is 1. The zero-order valence-corrected chi connectivity index (χ0v) is 13.7. The molecular formula is C18H20N2OS. The maximum absolute atomic E-state index is 12.5. The molecule has 0 saturated heterocycles. The molecule has 0 saturated carbocycles. The number of aryl methyl sites for hydroxylation is 1. The highest BCUT2D eigenvalue weighted by Crippen LogP contribution is 2.26. The molecule has 2 aromatic rings. The molecule has 0 radical (unpaired) electrons. The van der Waals surface area contributed by atoms with Gasteiger partial charge in [-0.05, 0) is 42.9 Å². The number of hydrogen-bond acceptors (Lipinski definition) is 2. The molecule has 1 heterocycles. The van der Waals surface area contributed by atoms with Gasteiger partial charge in [-0.2, -0.15) is 0 Å². The molecule has 1 N–H and O–H groups in total. The number of carbonyl (C=O) groups is 1. The van der Waals surface area contributed by atoms with Gasteiger partial charge in [0.25, 0.3) is 0 Å². The number of hydrogen-bond donors (Lipinski definition) is 1. The number of nitrogens with one attached hydrogen (secondary N) is 1. The predicted molar refractivity (Wildman–Crippen MR) is 92.5 cm³/mol. The van der Waals surface area contributed by atoms with E-state index in [0.717, 1.165) is 23.5 Å². The summed E-state index contributed by atoms with van der Waals surface area (Å²) in [5.41, 5.74) is 4.75. The number of nitrogens with zero attached hydrogens (tertiary/aromatic N) is 1. The molecule has 3 nitrogen and oxygen atoms in total. The molecule has 2 aromatic carbocycles. The van der Waals surface area contributed by atoms with Crippen LogP contribution in [0.3, 0.4) is 0 Å². The molecule has 4 heteroatoms. The molecular weight excluding hydrogens is 292 g/mol. The second kappa shape index (κ2) is 6.44. The SMILES string of the molecule is CSc1ccccc1NC(=O)N1CCc2ccc(C)cc2C1. The van der Waals surface area contributed by atoms with Crippen molar-refractivity contribution in [3.05, 3.63) is 59.2 Å². The normalized spacial score (nSPS) is 13.6. The fourth-order valence-corrected chi connectivity index (χ4v) is 3.36. The maximum atomic E-state index is 12.5. The lowest BCUT2D eigenvalue weighted by molar-refractivity contribution is 0.206. The lowest BCUT2D eigenvalue weighted by Gasteiger charge is -2.29. The van der Waals surface area contributed by atoms with E-state index in [1.807, 2.05) is 35.4 Å². The summed E-state index contributed by atoms with van der Waals surface area (Å²) in [6, 6.07) is 14.4. The summed E-state index contributed by atoms with van der Waals surface area (Å²) in [4.78, 5) is 15.5. The number of anilines is 1. The number of amides is 2. The highest BCUT2D eigenvalue weighted by Gasteiger charge is 2.21. The maximum Gasteiger partial charge on any atom is 0.322 e. The molecule has 0 aliphatic carbocycles. The van der Waals surface area contributed by atoms with Crippen LogP contribution in [0.25, 0.3) is 0 Å². The van der Waals surface area contributed by atoms with Crippen LogP contribution in [0.2, 0.25) is 0 Å². The Labute approximate surface area is 135 Å². The van der Waals surface area contributed by atoms with E-state index in [0.29, 0.717) is 6.54 Å². The molecule has 0 fully saturated rings. The zero-order chi connectivity index (χ0) is 15.5. The van der Waals surface area contributed by atoms with Gasteiger partial charge in [0.1, 0.15) is 0 Å². The van der Waals surface area contributed by atoms with Crippen LogP contribution >= 0.6 is 11.8 Å². The van der Waals surface area contributed by atoms with Crippen molar-refractivity contribution in [2.45, 2.75) is 24.8 Å². The lowest BCUT2D eigenvalue weighted by Crippen LogP contribution is -2.39. The van der Waals surface area contributed by atoms with Crippen LogP contribution in [0.5, 0.6) is 0 Å². The standard InChI is InChI=1S/C18H20N2OS/c1-13-7-8-14-9-10-20(12-15(14)11-13)18(21)19-16-5-3-4-6-17(16)22-2/h3-8,11H,9-10,12H2,1-2H3,(H,19,21). The van der Waals surface area contributed by atoms with Gasteiger partial charge in [0.05, 0.1) is 5.69 Å². The summed E-state index contributed by atoms with van der Waals surface area (Å²) in [6.45, 7) is 3.54. The van der Waals surface area contributed by atoms with Crippen molar-refractivity contribution < 1.29 is 4.79 Å². The number of benzene rings is 2. The van der Waals surface area contributed by atoms with Crippen LogP contribution in [0.15, 0.2) is 47.4 Å². The Morgan fingerprint density at radius 1 is 1.18 bits per heavy atom. The number of fused-ring (bicyclic) bond motifs is 1. The van der Waals surface area contributed by atoms with Crippen LogP contribution in [0, 0.1) is 6.92 Å². The Kier molecular flexibility index (Phi) is 4.39. The molecule has 0 unspecified atom stereocenters. The van der Waals surface area contributed by atoms with Crippen LogP contribution in [0.4, 0.5) is 10.5 Å². The van der Waals surface area contributed by atoms with Crippen LogP contribution in [0.1, 0.15) is 16.7 Å². The second-order valence-corrected chi connectivity index (χ2v) is 6.42. The second-order valence-electron chi connectivity index (χ2n) is 5.57. The average molecular weight is 312 g/mol. The Balaban J connectivity index is 1.74. The van der Waals surface area contributed by atoms with Gasteiger partial charge in [-0.15, -0.1) is 11.8 Å². The smallest absolute Gasteiger partial charge is 0.320 e. The van der Waals surface area contributed by atoms with Gasteiger partial charge in [-0.25, -0.2) is 4.79 Å². The molecule has 0 aromatic heterocycles. The molecule has 2 amide bonds. The van der Waals surface area contributed by atoms with E-state index in [1.165, 1.54) is 16.7 Å². The van der Waals surface area contributed by atoms with E-state index in [9.17, 15) is 4.79 Å². The first-order valence-corrected chi connectivity index (χ1v) is 8.67. The Morgan fingerprint density at radius 2 is 2.00 bits per heavy atom. The average Bonchev–Trinajstić information content (AvgIpc) is 2.54. The summed E-state index contributed by atoms with van der Waals surface area (Å²) in [5, 5.41) is 3.04. The highest BCUT2D eigenvalue weighted by atomic mass is 32.2. The van der Waals surface area contributed by atoms with Crippen molar-refractivity contribution in [2.24, 2.45) is 0 Å². The lowest BCUT2D eigenvalue weighted by atomic mass is 9.98. The first-order valence-electron chi connectivity index (χ1n) is 7.45. The van der Waals surface area contributed by atoms with Crippen molar-refractivity contribution >= 4 is 23.5 Å². The first kappa shape index (κ1) is 15.0.